The Bertz CT molecular complexity index is 319. The van der Waals surface area contributed by atoms with E-state index in [0.29, 0.717) is 12.8 Å². The van der Waals surface area contributed by atoms with Gasteiger partial charge >= 0.3 is 5.97 Å². The van der Waals surface area contributed by atoms with Gasteiger partial charge in [-0.15, -0.1) is 0 Å². The number of ether oxygens (including phenoxy) is 2. The van der Waals surface area contributed by atoms with Crippen molar-refractivity contribution < 1.29 is 19.1 Å². The van der Waals surface area contributed by atoms with Gasteiger partial charge in [0.25, 0.3) is 0 Å². The summed E-state index contributed by atoms with van der Waals surface area (Å²) in [5.41, 5.74) is -1.06. The molecule has 0 unspecified atom stereocenters. The third-order valence-electron chi connectivity index (χ3n) is 2.72. The normalized spacial score (nSPS) is 10.6. The fourth-order valence-corrected chi connectivity index (χ4v) is 1.49. The van der Waals surface area contributed by atoms with Crippen LogP contribution in [0.2, 0.25) is 0 Å². The van der Waals surface area contributed by atoms with Gasteiger partial charge in [-0.3, -0.25) is 4.79 Å². The minimum atomic E-state index is -1.06. The molecule has 18 heavy (non-hydrogen) atoms. The van der Waals surface area contributed by atoms with Gasteiger partial charge in [-0.2, -0.15) is 0 Å². The van der Waals surface area contributed by atoms with E-state index in [-0.39, 0.29) is 25.6 Å². The molecule has 1 amide bonds. The molecule has 0 atom stereocenters. The second-order valence-electron chi connectivity index (χ2n) is 3.71. The van der Waals surface area contributed by atoms with Crippen molar-refractivity contribution in [3.05, 3.63) is 11.4 Å². The Labute approximate surface area is 107 Å². The zero-order valence-corrected chi connectivity index (χ0v) is 11.1. The van der Waals surface area contributed by atoms with Crippen LogP contribution in [0, 0.1) is 6.57 Å². The number of esters is 1. The van der Waals surface area contributed by atoms with Crippen LogP contribution in [0.5, 0.6) is 0 Å². The van der Waals surface area contributed by atoms with Gasteiger partial charge in [-0.25, -0.2) is 11.4 Å². The molecule has 0 aliphatic rings. The summed E-state index contributed by atoms with van der Waals surface area (Å²) >= 11 is 0. The summed E-state index contributed by atoms with van der Waals surface area (Å²) in [6.07, 6.45) is 0.872. The monoisotopic (exact) mass is 256 g/mol. The Balaban J connectivity index is 4.32. The molecule has 0 aromatic heterocycles. The summed E-state index contributed by atoms with van der Waals surface area (Å²) in [6, 6.07) is 0. The maximum atomic E-state index is 11.7. The number of hydrogen-bond acceptors (Lipinski definition) is 4. The summed E-state index contributed by atoms with van der Waals surface area (Å²) in [7, 11) is 1.29. The summed E-state index contributed by atoms with van der Waals surface area (Å²) < 4.78 is 10.1. The minimum absolute atomic E-state index is 0.214. The fraction of sp³-hybridized carbons (Fsp3) is 0.750. The Morgan fingerprint density at radius 3 is 2.39 bits per heavy atom. The van der Waals surface area contributed by atoms with Crippen molar-refractivity contribution in [2.75, 3.05) is 26.8 Å². The largest absolute Gasteiger partial charge is 0.467 e. The van der Waals surface area contributed by atoms with E-state index in [1.54, 1.807) is 13.8 Å². The van der Waals surface area contributed by atoms with Crippen molar-refractivity contribution in [3.8, 4) is 0 Å². The molecule has 102 valence electrons. The third kappa shape index (κ3) is 4.72. The van der Waals surface area contributed by atoms with E-state index in [9.17, 15) is 9.59 Å². The fourth-order valence-electron chi connectivity index (χ4n) is 1.49. The van der Waals surface area contributed by atoms with Crippen LogP contribution in [0.4, 0.5) is 0 Å². The zero-order chi connectivity index (χ0) is 14.0. The number of rotatable bonds is 8. The first-order chi connectivity index (χ1) is 8.56. The molecule has 6 heteroatoms. The van der Waals surface area contributed by atoms with Crippen LogP contribution >= 0.6 is 0 Å². The first kappa shape index (κ1) is 16.4. The Morgan fingerprint density at radius 1 is 1.33 bits per heavy atom. The maximum Gasteiger partial charge on any atom is 0.338 e. The highest BCUT2D eigenvalue weighted by molar-refractivity contribution is 5.81. The first-order valence-corrected chi connectivity index (χ1v) is 5.88. The molecule has 0 rings (SSSR count). The molecule has 6 nitrogen and oxygen atoms in total. The van der Waals surface area contributed by atoms with Crippen molar-refractivity contribution in [1.82, 2.24) is 5.32 Å². The second kappa shape index (κ2) is 8.48. The van der Waals surface area contributed by atoms with E-state index in [1.807, 2.05) is 0 Å². The molecular formula is C12H20N2O4. The molecule has 0 bridgehead atoms. The topological polar surface area (TPSA) is 69.0 Å². The summed E-state index contributed by atoms with van der Waals surface area (Å²) in [4.78, 5) is 26.2. The van der Waals surface area contributed by atoms with E-state index < -0.39 is 11.6 Å². The van der Waals surface area contributed by atoms with Gasteiger partial charge in [-0.1, -0.05) is 13.8 Å². The highest BCUT2D eigenvalue weighted by Gasteiger charge is 2.37. The Morgan fingerprint density at radius 2 is 1.94 bits per heavy atom. The number of nitrogens with one attached hydrogen (secondary N) is 1. The number of carbonyl (C=O) groups excluding carboxylic acids is 2. The smallest absolute Gasteiger partial charge is 0.338 e. The molecule has 0 spiro atoms. The van der Waals surface area contributed by atoms with E-state index in [0.717, 1.165) is 0 Å². The average molecular weight is 256 g/mol. The van der Waals surface area contributed by atoms with Crippen molar-refractivity contribution in [2.45, 2.75) is 32.3 Å². The number of amides is 1. The summed E-state index contributed by atoms with van der Waals surface area (Å²) in [5.74, 6) is -0.810. The lowest BCUT2D eigenvalue weighted by atomic mass is 9.97. The Kier molecular flexibility index (Phi) is 7.72. The van der Waals surface area contributed by atoms with E-state index >= 15 is 0 Å². The lowest BCUT2D eigenvalue weighted by Gasteiger charge is -2.28. The van der Waals surface area contributed by atoms with Crippen molar-refractivity contribution in [1.29, 1.82) is 0 Å². The predicted octanol–water partition coefficient (Wildman–Crippen LogP) is 0.770. The number of hydrogen-bond donors (Lipinski definition) is 1. The molecule has 0 aliphatic carbocycles. The van der Waals surface area contributed by atoms with Crippen molar-refractivity contribution in [2.24, 2.45) is 0 Å². The van der Waals surface area contributed by atoms with Gasteiger partial charge in [0.15, 0.2) is 5.60 Å². The molecule has 0 saturated carbocycles. The molecule has 0 heterocycles. The van der Waals surface area contributed by atoms with Gasteiger partial charge < -0.3 is 19.6 Å². The number of nitrogens with zero attached hydrogens (tertiary/aromatic N) is 1. The highest BCUT2D eigenvalue weighted by Crippen LogP contribution is 2.22. The van der Waals surface area contributed by atoms with E-state index in [4.69, 9.17) is 16.0 Å². The van der Waals surface area contributed by atoms with Gasteiger partial charge in [0.2, 0.25) is 12.5 Å². The predicted molar refractivity (Wildman–Crippen MR) is 65.8 cm³/mol. The SMILES string of the molecule is [C-]#[N+]CCNC(=O)COC(CC)(CC)C(=O)OC. The lowest BCUT2D eigenvalue weighted by molar-refractivity contribution is -0.172. The molecule has 0 radical (unpaired) electrons. The van der Waals surface area contributed by atoms with Gasteiger partial charge in [0, 0.05) is 0 Å². The van der Waals surface area contributed by atoms with Crippen LogP contribution in [0.3, 0.4) is 0 Å². The molecule has 0 aliphatic heterocycles. The van der Waals surface area contributed by atoms with Gasteiger partial charge in [-0.05, 0) is 12.8 Å². The minimum Gasteiger partial charge on any atom is -0.467 e. The highest BCUT2D eigenvalue weighted by atomic mass is 16.6. The Hall–Kier alpha value is -1.61. The molecule has 0 fully saturated rings. The number of carbonyl (C=O) groups is 2. The second-order valence-corrected chi connectivity index (χ2v) is 3.71. The molecule has 0 saturated heterocycles. The van der Waals surface area contributed by atoms with Crippen LogP contribution in [0.15, 0.2) is 0 Å². The van der Waals surface area contributed by atoms with Crippen LogP contribution in [0.25, 0.3) is 4.85 Å². The van der Waals surface area contributed by atoms with Crippen molar-refractivity contribution >= 4 is 11.9 Å². The lowest BCUT2D eigenvalue weighted by Crippen LogP contribution is -2.44. The molecular weight excluding hydrogens is 236 g/mol. The average Bonchev–Trinajstić information content (AvgIpc) is 2.40. The summed E-state index contributed by atoms with van der Waals surface area (Å²) in [5, 5.41) is 2.53. The quantitative estimate of drug-likeness (QED) is 0.395. The van der Waals surface area contributed by atoms with Gasteiger partial charge in [0.1, 0.15) is 6.61 Å². The molecule has 0 aromatic carbocycles. The zero-order valence-electron chi connectivity index (χ0n) is 11.1. The standard InChI is InChI=1S/C12H20N2O4/c1-5-12(6-2,11(16)17-4)18-9-10(15)14-8-7-13-3/h5-9H2,1-2,4H3,(H,14,15). The maximum absolute atomic E-state index is 11.7. The van der Waals surface area contributed by atoms with Crippen LogP contribution < -0.4 is 5.32 Å². The third-order valence-corrected chi connectivity index (χ3v) is 2.72. The molecule has 1 N–H and O–H groups in total. The number of methoxy groups -OCH3 is 1. The summed E-state index contributed by atoms with van der Waals surface area (Å²) in [6.45, 7) is 10.5. The van der Waals surface area contributed by atoms with Crippen LogP contribution in [-0.4, -0.2) is 44.3 Å². The van der Waals surface area contributed by atoms with E-state index in [1.165, 1.54) is 7.11 Å². The molecule has 0 aromatic rings. The van der Waals surface area contributed by atoms with Crippen molar-refractivity contribution in [3.63, 3.8) is 0 Å². The van der Waals surface area contributed by atoms with Crippen LogP contribution in [0.1, 0.15) is 26.7 Å². The van der Waals surface area contributed by atoms with Gasteiger partial charge in [0.05, 0.1) is 13.7 Å². The first-order valence-electron chi connectivity index (χ1n) is 5.88. The van der Waals surface area contributed by atoms with Crippen LogP contribution in [-0.2, 0) is 19.1 Å². The van der Waals surface area contributed by atoms with E-state index in [2.05, 4.69) is 10.2 Å².